The van der Waals surface area contributed by atoms with Crippen LogP contribution in [0.25, 0.3) is 0 Å². The molecule has 1 aromatic carbocycles. The van der Waals surface area contributed by atoms with Crippen LogP contribution >= 0.6 is 0 Å². The Morgan fingerprint density at radius 1 is 1.39 bits per heavy atom. The molecule has 0 radical (unpaired) electrons. The molecule has 0 aromatic heterocycles. The predicted molar refractivity (Wildman–Crippen MR) is 73.0 cm³/mol. The lowest BCUT2D eigenvalue weighted by Crippen LogP contribution is -2.42. The number of hydrogen-bond donors (Lipinski definition) is 1. The van der Waals surface area contributed by atoms with Gasteiger partial charge in [0.15, 0.2) is 0 Å². The lowest BCUT2D eigenvalue weighted by molar-refractivity contribution is -0.133. The summed E-state index contributed by atoms with van der Waals surface area (Å²) in [5.41, 5.74) is 7.67. The summed E-state index contributed by atoms with van der Waals surface area (Å²) in [5, 5.41) is 0. The van der Waals surface area contributed by atoms with E-state index in [4.69, 9.17) is 5.73 Å². The van der Waals surface area contributed by atoms with E-state index in [2.05, 4.69) is 4.90 Å². The highest BCUT2D eigenvalue weighted by Crippen LogP contribution is 2.21. The highest BCUT2D eigenvalue weighted by Gasteiger charge is 2.31. The Morgan fingerprint density at radius 3 is 2.67 bits per heavy atom. The Balaban J connectivity index is 2.04. The van der Waals surface area contributed by atoms with Gasteiger partial charge in [0.05, 0.1) is 6.04 Å². The van der Waals surface area contributed by atoms with Crippen molar-refractivity contribution in [3.05, 3.63) is 29.8 Å². The van der Waals surface area contributed by atoms with Crippen molar-refractivity contribution < 1.29 is 4.79 Å². The van der Waals surface area contributed by atoms with Gasteiger partial charge >= 0.3 is 0 Å². The van der Waals surface area contributed by atoms with Crippen LogP contribution in [0.5, 0.6) is 0 Å². The van der Waals surface area contributed by atoms with E-state index < -0.39 is 0 Å². The minimum Gasteiger partial charge on any atom is -0.399 e. The second kappa shape index (κ2) is 5.40. The number of likely N-dealkylation sites (tertiary alicyclic amines) is 1. The second-order valence-corrected chi connectivity index (χ2v) is 5.10. The molecule has 1 fully saturated rings. The summed E-state index contributed by atoms with van der Waals surface area (Å²) in [6.07, 6.45) is 2.06. The Kier molecular flexibility index (Phi) is 3.87. The van der Waals surface area contributed by atoms with Crippen LogP contribution in [-0.4, -0.2) is 42.4 Å². The lowest BCUT2D eigenvalue weighted by Gasteiger charge is -2.26. The maximum atomic E-state index is 12.1. The fourth-order valence-electron chi connectivity index (χ4n) is 2.45. The van der Waals surface area contributed by atoms with Gasteiger partial charge in [0.1, 0.15) is 0 Å². The zero-order valence-electron chi connectivity index (χ0n) is 11.1. The zero-order valence-corrected chi connectivity index (χ0v) is 11.1. The number of hydrogen-bond acceptors (Lipinski definition) is 3. The summed E-state index contributed by atoms with van der Waals surface area (Å²) in [6.45, 7) is 1.82. The predicted octanol–water partition coefficient (Wildman–Crippen LogP) is 1.32. The average molecular weight is 247 g/mol. The van der Waals surface area contributed by atoms with E-state index in [0.29, 0.717) is 0 Å². The molecule has 1 aliphatic heterocycles. The van der Waals surface area contributed by atoms with Crippen molar-refractivity contribution in [3.8, 4) is 0 Å². The van der Waals surface area contributed by atoms with Crippen molar-refractivity contribution in [3.63, 3.8) is 0 Å². The van der Waals surface area contributed by atoms with Crippen molar-refractivity contribution in [1.29, 1.82) is 0 Å². The number of carbonyl (C=O) groups excluding carboxylic acids is 1. The molecule has 1 aromatic rings. The topological polar surface area (TPSA) is 49.6 Å². The van der Waals surface area contributed by atoms with Crippen molar-refractivity contribution in [2.24, 2.45) is 0 Å². The van der Waals surface area contributed by atoms with Gasteiger partial charge in [-0.3, -0.25) is 9.69 Å². The quantitative estimate of drug-likeness (QED) is 0.820. The van der Waals surface area contributed by atoms with Crippen LogP contribution in [0.4, 0.5) is 5.69 Å². The molecule has 0 saturated carbocycles. The van der Waals surface area contributed by atoms with Gasteiger partial charge < -0.3 is 10.6 Å². The molecule has 0 spiro atoms. The summed E-state index contributed by atoms with van der Waals surface area (Å²) < 4.78 is 0. The third kappa shape index (κ3) is 2.82. The maximum absolute atomic E-state index is 12.1. The molecule has 1 atom stereocenters. The highest BCUT2D eigenvalue weighted by molar-refractivity contribution is 5.81. The third-order valence-electron chi connectivity index (χ3n) is 3.45. The van der Waals surface area contributed by atoms with Crippen molar-refractivity contribution in [2.45, 2.75) is 25.4 Å². The van der Waals surface area contributed by atoms with E-state index >= 15 is 0 Å². The normalized spacial score (nSPS) is 20.0. The van der Waals surface area contributed by atoms with E-state index in [1.807, 2.05) is 38.4 Å². The van der Waals surface area contributed by atoms with Crippen LogP contribution in [0.15, 0.2) is 24.3 Å². The fraction of sp³-hybridized carbons (Fsp3) is 0.500. The third-order valence-corrected chi connectivity index (χ3v) is 3.45. The van der Waals surface area contributed by atoms with Crippen LogP contribution in [-0.2, 0) is 11.3 Å². The first kappa shape index (κ1) is 12.9. The molecule has 2 N–H and O–H groups in total. The van der Waals surface area contributed by atoms with E-state index in [1.54, 1.807) is 4.90 Å². The smallest absolute Gasteiger partial charge is 0.239 e. The number of nitrogens with two attached hydrogens (primary N) is 1. The lowest BCUT2D eigenvalue weighted by atomic mass is 10.1. The van der Waals surface area contributed by atoms with Gasteiger partial charge in [-0.2, -0.15) is 0 Å². The van der Waals surface area contributed by atoms with Crippen LogP contribution in [0.1, 0.15) is 18.4 Å². The van der Waals surface area contributed by atoms with Crippen LogP contribution in [0.2, 0.25) is 0 Å². The standard InChI is InChI=1S/C14H21N3O/c1-16(2)14(18)13-4-3-9-17(13)10-11-5-7-12(15)8-6-11/h5-8,13H,3-4,9-10,15H2,1-2H3. The number of nitrogens with zero attached hydrogens (tertiary/aromatic N) is 2. The molecular formula is C14H21N3O. The summed E-state index contributed by atoms with van der Waals surface area (Å²) >= 11 is 0. The zero-order chi connectivity index (χ0) is 13.1. The molecule has 1 unspecified atom stereocenters. The largest absolute Gasteiger partial charge is 0.399 e. The minimum absolute atomic E-state index is 0.0394. The number of likely N-dealkylation sites (N-methyl/N-ethyl adjacent to an activating group) is 1. The van der Waals surface area contributed by atoms with E-state index in [9.17, 15) is 4.79 Å². The van der Waals surface area contributed by atoms with Gasteiger partial charge in [0, 0.05) is 26.3 Å². The minimum atomic E-state index is 0.0394. The molecule has 2 rings (SSSR count). The van der Waals surface area contributed by atoms with E-state index in [0.717, 1.165) is 31.6 Å². The Morgan fingerprint density at radius 2 is 2.06 bits per heavy atom. The first-order valence-electron chi connectivity index (χ1n) is 6.37. The number of benzene rings is 1. The number of amides is 1. The highest BCUT2D eigenvalue weighted by atomic mass is 16.2. The molecule has 4 heteroatoms. The first-order valence-corrected chi connectivity index (χ1v) is 6.37. The van der Waals surface area contributed by atoms with E-state index in [1.165, 1.54) is 5.56 Å². The molecule has 1 amide bonds. The molecular weight excluding hydrogens is 226 g/mol. The van der Waals surface area contributed by atoms with Crippen LogP contribution in [0, 0.1) is 0 Å². The second-order valence-electron chi connectivity index (χ2n) is 5.10. The molecule has 0 aliphatic carbocycles. The molecule has 1 aliphatic rings. The molecule has 18 heavy (non-hydrogen) atoms. The number of rotatable bonds is 3. The SMILES string of the molecule is CN(C)C(=O)C1CCCN1Cc1ccc(N)cc1. The van der Waals surface area contributed by atoms with E-state index in [-0.39, 0.29) is 11.9 Å². The average Bonchev–Trinajstić information content (AvgIpc) is 2.79. The molecule has 1 saturated heterocycles. The Bertz CT molecular complexity index is 414. The van der Waals surface area contributed by atoms with Crippen LogP contribution < -0.4 is 5.73 Å². The Labute approximate surface area is 108 Å². The molecule has 98 valence electrons. The molecule has 0 bridgehead atoms. The number of nitrogen functional groups attached to an aromatic ring is 1. The maximum Gasteiger partial charge on any atom is 0.239 e. The monoisotopic (exact) mass is 247 g/mol. The first-order chi connectivity index (χ1) is 8.58. The Hall–Kier alpha value is -1.55. The summed E-state index contributed by atoms with van der Waals surface area (Å²) in [5.74, 6) is 0.211. The summed E-state index contributed by atoms with van der Waals surface area (Å²) in [4.78, 5) is 16.0. The number of carbonyl (C=O) groups is 1. The van der Waals surface area contributed by atoms with Gasteiger partial charge in [0.25, 0.3) is 0 Å². The summed E-state index contributed by atoms with van der Waals surface area (Å²) in [6, 6.07) is 7.93. The van der Waals surface area contributed by atoms with Gasteiger partial charge in [-0.25, -0.2) is 0 Å². The fourth-order valence-corrected chi connectivity index (χ4v) is 2.45. The van der Waals surface area contributed by atoms with Gasteiger partial charge in [-0.1, -0.05) is 12.1 Å². The van der Waals surface area contributed by atoms with Gasteiger partial charge in [0.2, 0.25) is 5.91 Å². The molecule has 4 nitrogen and oxygen atoms in total. The van der Waals surface area contributed by atoms with Gasteiger partial charge in [-0.15, -0.1) is 0 Å². The molecule has 1 heterocycles. The number of anilines is 1. The van der Waals surface area contributed by atoms with Crippen LogP contribution in [0.3, 0.4) is 0 Å². The van der Waals surface area contributed by atoms with Crippen molar-refractivity contribution in [2.75, 3.05) is 26.4 Å². The van der Waals surface area contributed by atoms with Crippen molar-refractivity contribution in [1.82, 2.24) is 9.80 Å². The van der Waals surface area contributed by atoms with Crippen molar-refractivity contribution >= 4 is 11.6 Å². The van der Waals surface area contributed by atoms with Gasteiger partial charge in [-0.05, 0) is 37.1 Å². The summed E-state index contributed by atoms with van der Waals surface area (Å²) in [7, 11) is 3.64.